The predicted octanol–water partition coefficient (Wildman–Crippen LogP) is 5.92. The van der Waals surface area contributed by atoms with E-state index in [1.54, 1.807) is 30.3 Å². The van der Waals surface area contributed by atoms with Crippen LogP contribution in [0.1, 0.15) is 12.0 Å². The third-order valence-electron chi connectivity index (χ3n) is 5.93. The molecule has 3 N–H and O–H groups in total. The molecule has 0 unspecified atom stereocenters. The number of nitrogens with zero attached hydrogens (tertiary/aromatic N) is 4. The van der Waals surface area contributed by atoms with Crippen molar-refractivity contribution in [3.8, 4) is 11.5 Å². The minimum atomic E-state index is -0.363. The number of anilines is 3. The van der Waals surface area contributed by atoms with Crippen LogP contribution in [-0.2, 0) is 9.59 Å². The summed E-state index contributed by atoms with van der Waals surface area (Å²) < 4.78 is 5.73. The van der Waals surface area contributed by atoms with E-state index in [9.17, 15) is 14.7 Å². The van der Waals surface area contributed by atoms with Crippen molar-refractivity contribution in [1.82, 2.24) is 10.2 Å². The molecule has 10 nitrogen and oxygen atoms in total. The number of nitrogens with one attached hydrogen (secondary N) is 2. The fourth-order valence-corrected chi connectivity index (χ4v) is 5.74. The van der Waals surface area contributed by atoms with Crippen molar-refractivity contribution in [2.75, 3.05) is 34.9 Å². The average Bonchev–Trinajstić information content (AvgIpc) is 3.58. The van der Waals surface area contributed by atoms with Crippen LogP contribution >= 0.6 is 34.7 Å². The number of rotatable bonds is 11. The van der Waals surface area contributed by atoms with Crippen LogP contribution in [0.4, 0.5) is 16.5 Å². The van der Waals surface area contributed by atoms with Gasteiger partial charge in [0.05, 0.1) is 12.9 Å². The number of para-hydroxylation sites is 1. The normalized spacial score (nSPS) is 13.8. The monoisotopic (exact) mass is 620 g/mol. The Morgan fingerprint density at radius 3 is 2.64 bits per heavy atom. The quantitative estimate of drug-likeness (QED) is 0.107. The van der Waals surface area contributed by atoms with Crippen molar-refractivity contribution in [3.63, 3.8) is 0 Å². The van der Waals surface area contributed by atoms with Gasteiger partial charge in [0.25, 0.3) is 5.91 Å². The summed E-state index contributed by atoms with van der Waals surface area (Å²) in [4.78, 5) is 32.0. The van der Waals surface area contributed by atoms with Crippen LogP contribution in [0.15, 0.2) is 87.8 Å². The minimum Gasteiger partial charge on any atom is -0.504 e. The first-order chi connectivity index (χ1) is 20.4. The molecule has 1 aliphatic rings. The number of thioether (sulfide) groups is 1. The summed E-state index contributed by atoms with van der Waals surface area (Å²) in [6.45, 7) is 0.491. The molecule has 1 aliphatic heterocycles. The van der Waals surface area contributed by atoms with E-state index in [-0.39, 0.29) is 34.8 Å². The zero-order chi connectivity index (χ0) is 29.5. The maximum absolute atomic E-state index is 13.6. The van der Waals surface area contributed by atoms with Gasteiger partial charge >= 0.3 is 0 Å². The van der Waals surface area contributed by atoms with Gasteiger partial charge in [-0.3, -0.25) is 9.59 Å². The molecule has 214 valence electrons. The number of phenols is 1. The molecule has 0 saturated heterocycles. The molecular formula is C29H25ClN6O4S2. The van der Waals surface area contributed by atoms with Gasteiger partial charge in [0.15, 0.2) is 15.8 Å². The Labute approximate surface area is 255 Å². The minimum absolute atomic E-state index is 0.00664. The van der Waals surface area contributed by atoms with Crippen molar-refractivity contribution in [1.29, 1.82) is 0 Å². The summed E-state index contributed by atoms with van der Waals surface area (Å²) in [6, 6.07) is 21.3. The number of amides is 2. The summed E-state index contributed by atoms with van der Waals surface area (Å²) in [7, 11) is 1.45. The molecule has 0 aliphatic carbocycles. The lowest BCUT2D eigenvalue weighted by Crippen LogP contribution is -2.33. The zero-order valence-corrected chi connectivity index (χ0v) is 24.7. The summed E-state index contributed by atoms with van der Waals surface area (Å²) >= 11 is 8.42. The Balaban J connectivity index is 1.32. The Morgan fingerprint density at radius 1 is 1.10 bits per heavy atom. The first-order valence-electron chi connectivity index (χ1n) is 12.7. The predicted molar refractivity (Wildman–Crippen MR) is 168 cm³/mol. The van der Waals surface area contributed by atoms with E-state index in [1.807, 2.05) is 42.5 Å². The smallest absolute Gasteiger partial charge is 0.284 e. The van der Waals surface area contributed by atoms with Crippen molar-refractivity contribution in [2.24, 2.45) is 4.99 Å². The number of hydrogen-bond donors (Lipinski definition) is 3. The third-order valence-corrected chi connectivity index (χ3v) is 8.22. The van der Waals surface area contributed by atoms with Crippen LogP contribution in [0.2, 0.25) is 5.02 Å². The summed E-state index contributed by atoms with van der Waals surface area (Å²) in [5, 5.41) is 25.5. The molecule has 4 aromatic rings. The van der Waals surface area contributed by atoms with E-state index >= 15 is 0 Å². The van der Waals surface area contributed by atoms with E-state index in [4.69, 9.17) is 16.3 Å². The molecule has 13 heteroatoms. The van der Waals surface area contributed by atoms with Crippen LogP contribution in [0.3, 0.4) is 0 Å². The summed E-state index contributed by atoms with van der Waals surface area (Å²) in [6.07, 6.45) is 2.04. The molecule has 1 aromatic heterocycles. The Kier molecular flexibility index (Phi) is 9.37. The highest BCUT2D eigenvalue weighted by atomic mass is 35.5. The van der Waals surface area contributed by atoms with E-state index in [0.29, 0.717) is 44.5 Å². The maximum Gasteiger partial charge on any atom is 0.284 e. The van der Waals surface area contributed by atoms with Gasteiger partial charge in [-0.1, -0.05) is 59.0 Å². The largest absolute Gasteiger partial charge is 0.504 e. The second kappa shape index (κ2) is 13.5. The molecule has 3 aromatic carbocycles. The highest BCUT2D eigenvalue weighted by molar-refractivity contribution is 8.01. The molecule has 42 heavy (non-hydrogen) atoms. The molecular weight excluding hydrogens is 596 g/mol. The van der Waals surface area contributed by atoms with Gasteiger partial charge in [-0.2, -0.15) is 0 Å². The lowest BCUT2D eigenvalue weighted by molar-refractivity contribution is -0.114. The molecule has 2 heterocycles. The Hall–Kier alpha value is -4.39. The molecule has 5 rings (SSSR count). The highest BCUT2D eigenvalue weighted by Gasteiger charge is 2.34. The molecule has 0 fully saturated rings. The number of carbonyl (C=O) groups excluding carboxylic acids is 2. The molecule has 0 bridgehead atoms. The number of aliphatic imine (C=N–C) groups is 1. The summed E-state index contributed by atoms with van der Waals surface area (Å²) in [5.74, 6) is 0.367. The van der Waals surface area contributed by atoms with Crippen LogP contribution in [0, 0.1) is 0 Å². The summed E-state index contributed by atoms with van der Waals surface area (Å²) in [5.41, 5.74) is 2.43. The maximum atomic E-state index is 13.6. The van der Waals surface area contributed by atoms with E-state index in [1.165, 1.54) is 41.2 Å². The topological polar surface area (TPSA) is 129 Å². The number of amidine groups is 1. The van der Waals surface area contributed by atoms with Gasteiger partial charge < -0.3 is 20.5 Å². The van der Waals surface area contributed by atoms with Crippen LogP contribution in [-0.4, -0.2) is 52.4 Å². The fraction of sp³-hybridized carbons (Fsp3) is 0.138. The van der Waals surface area contributed by atoms with Gasteiger partial charge in [-0.15, -0.1) is 10.2 Å². The Bertz CT molecular complexity index is 1640. The number of methoxy groups -OCH3 is 1. The van der Waals surface area contributed by atoms with Crippen molar-refractivity contribution < 1.29 is 19.4 Å². The van der Waals surface area contributed by atoms with Crippen molar-refractivity contribution in [2.45, 2.75) is 10.8 Å². The van der Waals surface area contributed by atoms with Crippen molar-refractivity contribution >= 4 is 74.9 Å². The van der Waals surface area contributed by atoms with Crippen LogP contribution in [0.25, 0.3) is 6.08 Å². The molecule has 0 saturated carbocycles. The van der Waals surface area contributed by atoms with E-state index in [0.717, 1.165) is 5.69 Å². The first kappa shape index (κ1) is 29.1. The second-order valence-electron chi connectivity index (χ2n) is 8.87. The molecule has 0 radical (unpaired) electrons. The number of aromatic hydroxyl groups is 1. The van der Waals surface area contributed by atoms with Crippen LogP contribution in [0.5, 0.6) is 11.5 Å². The van der Waals surface area contributed by atoms with E-state index in [2.05, 4.69) is 25.8 Å². The van der Waals surface area contributed by atoms with Gasteiger partial charge in [-0.25, -0.2) is 9.89 Å². The number of halogens is 1. The van der Waals surface area contributed by atoms with Crippen LogP contribution < -0.4 is 20.3 Å². The zero-order valence-electron chi connectivity index (χ0n) is 22.3. The number of aromatic nitrogens is 2. The third kappa shape index (κ3) is 7.27. The molecule has 0 atom stereocenters. The van der Waals surface area contributed by atoms with Gasteiger partial charge in [0, 0.05) is 29.4 Å². The standard InChI is InChI=1S/C29H25ClN6O4S2/c1-40-24-16-18(7-12-23(24)37)15-22-27(39)36(25(33-22)13-14-31-20-10-8-19(30)9-11-20)28-34-35-29(42-28)41-17-26(38)32-21-5-3-2-4-6-21/h2-12,15-16,31,37H,13-14,17H2,1H3,(H,32,38)/b22-15+. The Morgan fingerprint density at radius 2 is 1.88 bits per heavy atom. The highest BCUT2D eigenvalue weighted by Crippen LogP contribution is 2.33. The van der Waals surface area contributed by atoms with Crippen molar-refractivity contribution in [3.05, 3.63) is 89.1 Å². The number of benzene rings is 3. The van der Waals surface area contributed by atoms with Gasteiger partial charge in [-0.05, 0) is 60.2 Å². The molecule has 2 amide bonds. The fourth-order valence-electron chi connectivity index (χ4n) is 3.95. The van der Waals surface area contributed by atoms with E-state index < -0.39 is 0 Å². The molecule has 0 spiro atoms. The number of phenolic OH excluding ortho intramolecular Hbond substituents is 1. The lowest BCUT2D eigenvalue weighted by Gasteiger charge is -2.15. The SMILES string of the molecule is COc1cc(/C=C2/N=C(CCNc3ccc(Cl)cc3)N(c3nnc(SCC(=O)Nc4ccccc4)s3)C2=O)ccc1O. The first-order valence-corrected chi connectivity index (χ1v) is 14.9. The lowest BCUT2D eigenvalue weighted by atomic mass is 10.1. The number of carbonyl (C=O) groups is 2. The van der Waals surface area contributed by atoms with Gasteiger partial charge in [0.1, 0.15) is 11.5 Å². The number of ether oxygens (including phenoxy) is 1. The van der Waals surface area contributed by atoms with Gasteiger partial charge in [0.2, 0.25) is 11.0 Å². The number of hydrogen-bond acceptors (Lipinski definition) is 10. The second-order valence-corrected chi connectivity index (χ2v) is 11.5. The average molecular weight is 621 g/mol.